The maximum Gasteiger partial charge on any atom is 0.261 e. The first-order valence-corrected chi connectivity index (χ1v) is 7.85. The third-order valence-electron chi connectivity index (χ3n) is 3.73. The van der Waals surface area contributed by atoms with E-state index in [9.17, 15) is 4.79 Å². The molecule has 3 unspecified atom stereocenters. The number of piperidine rings is 1. The van der Waals surface area contributed by atoms with E-state index < -0.39 is 6.10 Å². The predicted octanol–water partition coefficient (Wildman–Crippen LogP) is 2.87. The Balaban J connectivity index is 1.91. The summed E-state index contributed by atoms with van der Waals surface area (Å²) >= 11 is 11.8. The van der Waals surface area contributed by atoms with E-state index in [1.54, 1.807) is 25.1 Å². The summed E-state index contributed by atoms with van der Waals surface area (Å²) in [5.41, 5.74) is 0. The Kier molecular flexibility index (Phi) is 5.73. The minimum Gasteiger partial charge on any atom is -0.481 e. The third-order valence-corrected chi connectivity index (χ3v) is 4.47. The first kappa shape index (κ1) is 16.4. The smallest absolute Gasteiger partial charge is 0.261 e. The zero-order valence-electron chi connectivity index (χ0n) is 12.2. The zero-order valence-corrected chi connectivity index (χ0v) is 13.7. The fraction of sp³-hybridized carbons (Fsp3) is 0.533. The number of benzene rings is 1. The normalized spacial score (nSPS) is 23.4. The lowest BCUT2D eigenvalue weighted by molar-refractivity contribution is -0.128. The minimum atomic E-state index is -0.587. The Morgan fingerprint density at radius 3 is 2.86 bits per heavy atom. The number of amides is 1. The van der Waals surface area contributed by atoms with E-state index in [1.807, 2.05) is 0 Å². The van der Waals surface area contributed by atoms with Gasteiger partial charge in [-0.05, 0) is 37.9 Å². The van der Waals surface area contributed by atoms with Crippen LogP contribution in [0.3, 0.4) is 0 Å². The van der Waals surface area contributed by atoms with E-state index in [0.29, 0.717) is 21.7 Å². The lowest BCUT2D eigenvalue weighted by Crippen LogP contribution is -2.52. The molecule has 1 saturated heterocycles. The highest BCUT2D eigenvalue weighted by molar-refractivity contribution is 6.42. The van der Waals surface area contributed by atoms with Gasteiger partial charge in [0.25, 0.3) is 5.91 Å². The van der Waals surface area contributed by atoms with Gasteiger partial charge in [0, 0.05) is 18.7 Å². The van der Waals surface area contributed by atoms with Gasteiger partial charge in [-0.15, -0.1) is 0 Å². The quantitative estimate of drug-likeness (QED) is 0.892. The fourth-order valence-electron chi connectivity index (χ4n) is 2.29. The first-order valence-electron chi connectivity index (χ1n) is 7.10. The summed E-state index contributed by atoms with van der Waals surface area (Å²) in [7, 11) is 0. The monoisotopic (exact) mass is 330 g/mol. The van der Waals surface area contributed by atoms with E-state index in [1.165, 1.54) is 0 Å². The lowest BCUT2D eigenvalue weighted by atomic mass is 9.95. The molecule has 6 heteroatoms. The van der Waals surface area contributed by atoms with Gasteiger partial charge in [-0.3, -0.25) is 4.79 Å². The zero-order chi connectivity index (χ0) is 15.4. The molecular formula is C15H20Cl2N2O2. The highest BCUT2D eigenvalue weighted by atomic mass is 35.5. The van der Waals surface area contributed by atoms with Gasteiger partial charge in [-0.25, -0.2) is 0 Å². The molecular weight excluding hydrogens is 311 g/mol. The van der Waals surface area contributed by atoms with E-state index >= 15 is 0 Å². The van der Waals surface area contributed by atoms with Gasteiger partial charge in [0.1, 0.15) is 5.75 Å². The van der Waals surface area contributed by atoms with Crippen molar-refractivity contribution in [3.05, 3.63) is 28.2 Å². The summed E-state index contributed by atoms with van der Waals surface area (Å²) in [5, 5.41) is 7.18. The second-order valence-corrected chi connectivity index (χ2v) is 6.24. The molecule has 0 aliphatic carbocycles. The number of ether oxygens (including phenoxy) is 1. The van der Waals surface area contributed by atoms with Crippen LogP contribution in [0, 0.1) is 5.92 Å². The van der Waals surface area contributed by atoms with Crippen molar-refractivity contribution in [2.75, 3.05) is 13.1 Å². The van der Waals surface area contributed by atoms with Gasteiger partial charge in [-0.1, -0.05) is 30.1 Å². The van der Waals surface area contributed by atoms with Gasteiger partial charge in [-0.2, -0.15) is 0 Å². The SMILES string of the molecule is CC(Oc1ccc(Cl)c(Cl)c1)C(=O)NC1CNCCC1C. The molecule has 0 radical (unpaired) electrons. The van der Waals surface area contributed by atoms with Crippen LogP contribution < -0.4 is 15.4 Å². The molecule has 2 N–H and O–H groups in total. The van der Waals surface area contributed by atoms with Crippen molar-refractivity contribution >= 4 is 29.1 Å². The topological polar surface area (TPSA) is 50.4 Å². The molecule has 1 aliphatic heterocycles. The predicted molar refractivity (Wildman–Crippen MR) is 85.1 cm³/mol. The van der Waals surface area contributed by atoms with Crippen LogP contribution in [-0.2, 0) is 4.79 Å². The van der Waals surface area contributed by atoms with Crippen LogP contribution in [0.2, 0.25) is 10.0 Å². The number of carbonyl (C=O) groups excluding carboxylic acids is 1. The van der Waals surface area contributed by atoms with Crippen LogP contribution in [0.5, 0.6) is 5.75 Å². The number of rotatable bonds is 4. The van der Waals surface area contributed by atoms with E-state index in [-0.39, 0.29) is 11.9 Å². The Morgan fingerprint density at radius 2 is 2.19 bits per heavy atom. The molecule has 0 saturated carbocycles. The van der Waals surface area contributed by atoms with E-state index in [2.05, 4.69) is 17.6 Å². The molecule has 2 rings (SSSR count). The average Bonchev–Trinajstić information content (AvgIpc) is 2.45. The van der Waals surface area contributed by atoms with Gasteiger partial charge in [0.05, 0.1) is 10.0 Å². The van der Waals surface area contributed by atoms with Crippen molar-refractivity contribution in [3.63, 3.8) is 0 Å². The van der Waals surface area contributed by atoms with E-state index in [0.717, 1.165) is 19.5 Å². The molecule has 1 aromatic rings. The highest BCUT2D eigenvalue weighted by Gasteiger charge is 2.25. The molecule has 1 aliphatic rings. The molecule has 1 fully saturated rings. The number of nitrogens with one attached hydrogen (secondary N) is 2. The summed E-state index contributed by atoms with van der Waals surface area (Å²) in [4.78, 5) is 12.2. The maximum atomic E-state index is 12.2. The van der Waals surface area contributed by atoms with Crippen LogP contribution in [0.25, 0.3) is 0 Å². The van der Waals surface area contributed by atoms with Crippen molar-refractivity contribution in [2.24, 2.45) is 5.92 Å². The minimum absolute atomic E-state index is 0.123. The van der Waals surface area contributed by atoms with Gasteiger partial charge < -0.3 is 15.4 Å². The molecule has 0 spiro atoms. The van der Waals surface area contributed by atoms with Gasteiger partial charge in [0.2, 0.25) is 0 Å². The second kappa shape index (κ2) is 7.34. The van der Waals surface area contributed by atoms with Crippen molar-refractivity contribution in [3.8, 4) is 5.75 Å². The van der Waals surface area contributed by atoms with Gasteiger partial charge >= 0.3 is 0 Å². The van der Waals surface area contributed by atoms with Crippen molar-refractivity contribution in [2.45, 2.75) is 32.4 Å². The summed E-state index contributed by atoms with van der Waals surface area (Å²) in [6.07, 6.45) is 0.476. The summed E-state index contributed by atoms with van der Waals surface area (Å²) in [6, 6.07) is 5.10. The summed E-state index contributed by atoms with van der Waals surface area (Å²) < 4.78 is 5.61. The number of hydrogen-bond donors (Lipinski definition) is 2. The second-order valence-electron chi connectivity index (χ2n) is 5.42. The Morgan fingerprint density at radius 1 is 1.43 bits per heavy atom. The molecule has 4 nitrogen and oxygen atoms in total. The van der Waals surface area contributed by atoms with Crippen LogP contribution in [0.4, 0.5) is 0 Å². The molecule has 1 amide bonds. The Labute approximate surface area is 135 Å². The standard InChI is InChI=1S/C15H20Cl2N2O2/c1-9-5-6-18-8-14(9)19-15(20)10(2)21-11-3-4-12(16)13(17)7-11/h3-4,7,9-10,14,18H,5-6,8H2,1-2H3,(H,19,20). The molecule has 0 aromatic heterocycles. The lowest BCUT2D eigenvalue weighted by Gasteiger charge is -2.31. The molecule has 21 heavy (non-hydrogen) atoms. The number of hydrogen-bond acceptors (Lipinski definition) is 3. The third kappa shape index (κ3) is 4.50. The van der Waals surface area contributed by atoms with E-state index in [4.69, 9.17) is 27.9 Å². The maximum absolute atomic E-state index is 12.2. The molecule has 1 heterocycles. The molecule has 3 atom stereocenters. The molecule has 0 bridgehead atoms. The fourth-order valence-corrected chi connectivity index (χ4v) is 2.58. The first-order chi connectivity index (χ1) is 9.97. The summed E-state index contributed by atoms with van der Waals surface area (Å²) in [6.45, 7) is 5.67. The number of carbonyl (C=O) groups is 1. The van der Waals surface area contributed by atoms with Crippen LogP contribution in [-0.4, -0.2) is 31.1 Å². The van der Waals surface area contributed by atoms with Crippen LogP contribution in [0.15, 0.2) is 18.2 Å². The Bertz CT molecular complexity index is 510. The van der Waals surface area contributed by atoms with Crippen molar-refractivity contribution in [1.29, 1.82) is 0 Å². The van der Waals surface area contributed by atoms with Crippen molar-refractivity contribution in [1.82, 2.24) is 10.6 Å². The molecule has 1 aromatic carbocycles. The van der Waals surface area contributed by atoms with Gasteiger partial charge in [0.15, 0.2) is 6.10 Å². The van der Waals surface area contributed by atoms with Crippen LogP contribution in [0.1, 0.15) is 20.3 Å². The molecule has 116 valence electrons. The van der Waals surface area contributed by atoms with Crippen molar-refractivity contribution < 1.29 is 9.53 Å². The largest absolute Gasteiger partial charge is 0.481 e. The highest BCUT2D eigenvalue weighted by Crippen LogP contribution is 2.26. The average molecular weight is 331 g/mol. The number of halogens is 2. The Hall–Kier alpha value is -0.970. The van der Waals surface area contributed by atoms with Crippen LogP contribution >= 0.6 is 23.2 Å². The summed E-state index contributed by atoms with van der Waals surface area (Å²) in [5.74, 6) is 0.871.